The van der Waals surface area contributed by atoms with E-state index in [9.17, 15) is 17.6 Å². The molecule has 2 atom stereocenters. The summed E-state index contributed by atoms with van der Waals surface area (Å²) in [6.07, 6.45) is 4.70. The Morgan fingerprint density at radius 1 is 0.958 bits per heavy atom. The van der Waals surface area contributed by atoms with Crippen LogP contribution in [0.4, 0.5) is 4.39 Å². The van der Waals surface area contributed by atoms with E-state index in [0.717, 1.165) is 49.4 Å². The van der Waals surface area contributed by atoms with Gasteiger partial charge in [0.25, 0.3) is 5.91 Å². The Morgan fingerprint density at radius 2 is 1.60 bits per heavy atom. The molecule has 0 unspecified atom stereocenters. The molecule has 0 spiro atoms. The number of aromatic nitrogens is 2. The summed E-state index contributed by atoms with van der Waals surface area (Å²) in [6, 6.07) is 13.6. The summed E-state index contributed by atoms with van der Waals surface area (Å²) in [4.78, 5) is 29.3. The van der Waals surface area contributed by atoms with Crippen molar-refractivity contribution in [2.45, 2.75) is 75.9 Å². The molecule has 0 radical (unpaired) electrons. The summed E-state index contributed by atoms with van der Waals surface area (Å²) in [5.41, 5.74) is 3.09. The monoisotopic (exact) mass is 696 g/mol. The molecule has 0 N–H and O–H groups in total. The maximum absolute atomic E-state index is 14.1. The second kappa shape index (κ2) is 14.1. The summed E-state index contributed by atoms with van der Waals surface area (Å²) in [5, 5.41) is 0.399. The average Bonchev–Trinajstić information content (AvgIpc) is 3.07. The summed E-state index contributed by atoms with van der Waals surface area (Å²) < 4.78 is 42.5. The fraction of sp³-hybridized carbons (Fsp3) is 0.528. The van der Waals surface area contributed by atoms with Gasteiger partial charge in [-0.2, -0.15) is 4.31 Å². The van der Waals surface area contributed by atoms with Crippen molar-refractivity contribution in [2.24, 2.45) is 5.92 Å². The van der Waals surface area contributed by atoms with Gasteiger partial charge in [-0.1, -0.05) is 29.8 Å². The number of halogens is 2. The van der Waals surface area contributed by atoms with Crippen LogP contribution in [0.5, 0.6) is 0 Å². The van der Waals surface area contributed by atoms with E-state index in [4.69, 9.17) is 11.6 Å². The second-order valence-corrected chi connectivity index (χ2v) is 16.3. The molecule has 4 heterocycles. The van der Waals surface area contributed by atoms with Gasteiger partial charge in [0.05, 0.1) is 21.8 Å². The van der Waals surface area contributed by atoms with Crippen LogP contribution in [0, 0.1) is 25.6 Å². The average molecular weight is 697 g/mol. The van der Waals surface area contributed by atoms with Gasteiger partial charge in [0.15, 0.2) is 0 Å². The third kappa shape index (κ3) is 7.03. The van der Waals surface area contributed by atoms with E-state index in [-0.39, 0.29) is 40.2 Å². The highest BCUT2D eigenvalue weighted by Gasteiger charge is 2.43. The van der Waals surface area contributed by atoms with Gasteiger partial charge in [-0.05, 0) is 95.2 Å². The maximum atomic E-state index is 14.1. The first-order chi connectivity index (χ1) is 22.9. The molecule has 258 valence electrons. The van der Waals surface area contributed by atoms with Crippen LogP contribution >= 0.6 is 11.6 Å². The number of piperazine rings is 1. The molecule has 2 aromatic carbocycles. The highest BCUT2D eigenvalue weighted by Crippen LogP contribution is 2.40. The lowest BCUT2D eigenvalue weighted by molar-refractivity contribution is -0.0421. The number of sulfonamides is 1. The van der Waals surface area contributed by atoms with Crippen LogP contribution in [0.25, 0.3) is 0 Å². The number of carbonyl (C=O) groups excluding carboxylic acids is 1. The highest BCUT2D eigenvalue weighted by atomic mass is 35.5. The number of likely N-dealkylation sites (tertiary alicyclic amines) is 1. The Morgan fingerprint density at radius 3 is 2.21 bits per heavy atom. The summed E-state index contributed by atoms with van der Waals surface area (Å²) >= 11 is 6.12. The lowest BCUT2D eigenvalue weighted by atomic mass is 9.82. The summed E-state index contributed by atoms with van der Waals surface area (Å²) in [7, 11) is -3.65. The van der Waals surface area contributed by atoms with Crippen LogP contribution in [0.2, 0.25) is 5.02 Å². The fourth-order valence-corrected chi connectivity index (χ4v) is 9.82. The Balaban J connectivity index is 1.13. The van der Waals surface area contributed by atoms with E-state index >= 15 is 0 Å². The molecular formula is C36H46ClFN6O3S. The molecule has 3 fully saturated rings. The fourth-order valence-electron chi connectivity index (χ4n) is 8.05. The minimum Gasteiger partial charge on any atom is -0.338 e. The second-order valence-electron chi connectivity index (χ2n) is 13.9. The standard InChI is InChI=1S/C36H46ClFN6O3S/c1-25-23-42(36(4)14-18-41(19-15-36)35(45)33-26(2)39-24-40-27(33)3)20-21-44(25)34(28-8-10-31(38)11-9-28)29-12-16-43(17-13-29)48(46,47)32-7-5-6-30(37)22-32/h5-11,22,24-25,29,34H,12-21,23H2,1-4H3/t25-,34+/m0/s1. The van der Waals surface area contributed by atoms with Crippen molar-refractivity contribution in [3.05, 3.63) is 88.2 Å². The number of benzene rings is 2. The smallest absolute Gasteiger partial charge is 0.257 e. The minimum atomic E-state index is -3.65. The first-order valence-electron chi connectivity index (χ1n) is 17.0. The highest BCUT2D eigenvalue weighted by molar-refractivity contribution is 7.89. The van der Waals surface area contributed by atoms with Gasteiger partial charge in [0.2, 0.25) is 10.0 Å². The Labute approximate surface area is 289 Å². The zero-order valence-corrected chi connectivity index (χ0v) is 29.9. The molecule has 3 aliphatic rings. The van der Waals surface area contributed by atoms with Crippen LogP contribution in [-0.2, 0) is 10.0 Å². The summed E-state index contributed by atoms with van der Waals surface area (Å²) in [6.45, 7) is 13.2. The molecule has 3 aromatic rings. The number of hydrogen-bond acceptors (Lipinski definition) is 7. The van der Waals surface area contributed by atoms with Crippen LogP contribution in [-0.4, -0.2) is 101 Å². The molecule has 0 bridgehead atoms. The number of hydrogen-bond donors (Lipinski definition) is 0. The van der Waals surface area contributed by atoms with Gasteiger partial charge in [0, 0.05) is 68.5 Å². The number of rotatable bonds is 7. The zero-order valence-electron chi connectivity index (χ0n) is 28.3. The molecule has 0 aliphatic carbocycles. The Kier molecular flexibility index (Phi) is 10.3. The van der Waals surface area contributed by atoms with Crippen LogP contribution in [0.15, 0.2) is 59.8 Å². The van der Waals surface area contributed by atoms with Crippen molar-refractivity contribution in [2.75, 3.05) is 45.8 Å². The maximum Gasteiger partial charge on any atom is 0.257 e. The van der Waals surface area contributed by atoms with Crippen molar-refractivity contribution in [1.29, 1.82) is 0 Å². The lowest BCUT2D eigenvalue weighted by Gasteiger charge is -2.54. The molecular weight excluding hydrogens is 651 g/mol. The van der Waals surface area contributed by atoms with Gasteiger partial charge in [-0.15, -0.1) is 0 Å². The lowest BCUT2D eigenvalue weighted by Crippen LogP contribution is -2.63. The Bertz CT molecular complexity index is 1710. The summed E-state index contributed by atoms with van der Waals surface area (Å²) in [5.74, 6) is -0.0333. The number of carbonyl (C=O) groups is 1. The van der Waals surface area contributed by atoms with Crippen molar-refractivity contribution in [3.8, 4) is 0 Å². The van der Waals surface area contributed by atoms with E-state index in [2.05, 4.69) is 33.6 Å². The third-order valence-corrected chi connectivity index (χ3v) is 13.1. The van der Waals surface area contributed by atoms with E-state index in [1.807, 2.05) is 30.9 Å². The van der Waals surface area contributed by atoms with Gasteiger partial charge >= 0.3 is 0 Å². The van der Waals surface area contributed by atoms with Gasteiger partial charge in [-0.25, -0.2) is 22.8 Å². The van der Waals surface area contributed by atoms with E-state index < -0.39 is 10.0 Å². The topological polar surface area (TPSA) is 90.0 Å². The van der Waals surface area contributed by atoms with Crippen LogP contribution in [0.1, 0.15) is 72.9 Å². The molecule has 0 saturated carbocycles. The van der Waals surface area contributed by atoms with Crippen molar-refractivity contribution < 1.29 is 17.6 Å². The molecule has 9 nitrogen and oxygen atoms in total. The quantitative estimate of drug-likeness (QED) is 0.312. The Hall–Kier alpha value is -2.96. The van der Waals surface area contributed by atoms with Gasteiger partial charge < -0.3 is 4.90 Å². The number of piperidine rings is 2. The third-order valence-electron chi connectivity index (χ3n) is 11.0. The predicted molar refractivity (Wildman–Crippen MR) is 185 cm³/mol. The SMILES string of the molecule is Cc1ncnc(C)c1C(=O)N1CCC(C)(N2CCN([C@H](c3ccc(F)cc3)C3CCN(S(=O)(=O)c4cccc(Cl)c4)CC3)[C@@H](C)C2)CC1. The largest absolute Gasteiger partial charge is 0.338 e. The predicted octanol–water partition coefficient (Wildman–Crippen LogP) is 5.73. The normalized spacial score (nSPS) is 22.5. The van der Waals surface area contributed by atoms with Gasteiger partial charge in [0.1, 0.15) is 12.1 Å². The molecule has 1 aromatic heterocycles. The van der Waals surface area contributed by atoms with Crippen molar-refractivity contribution in [3.63, 3.8) is 0 Å². The van der Waals surface area contributed by atoms with Crippen LogP contribution < -0.4 is 0 Å². The van der Waals surface area contributed by atoms with E-state index in [1.54, 1.807) is 22.5 Å². The number of aryl methyl sites for hydroxylation is 2. The number of amides is 1. The molecule has 48 heavy (non-hydrogen) atoms. The molecule has 6 rings (SSSR count). The van der Waals surface area contributed by atoms with E-state index in [0.29, 0.717) is 49.6 Å². The molecule has 12 heteroatoms. The molecule has 1 amide bonds. The first-order valence-corrected chi connectivity index (χ1v) is 18.8. The molecule has 3 aliphatic heterocycles. The van der Waals surface area contributed by atoms with Crippen LogP contribution in [0.3, 0.4) is 0 Å². The first kappa shape index (κ1) is 34.9. The van der Waals surface area contributed by atoms with Crippen molar-refractivity contribution in [1.82, 2.24) is 29.0 Å². The van der Waals surface area contributed by atoms with E-state index in [1.165, 1.54) is 24.5 Å². The number of nitrogens with zero attached hydrogens (tertiary/aromatic N) is 6. The van der Waals surface area contributed by atoms with Crippen molar-refractivity contribution >= 4 is 27.5 Å². The molecule has 3 saturated heterocycles. The minimum absolute atomic E-state index is 0.0133. The van der Waals surface area contributed by atoms with Gasteiger partial charge in [-0.3, -0.25) is 14.6 Å². The zero-order chi connectivity index (χ0) is 34.2.